The molecular formula is C32H38FN7O4S. The first-order valence-corrected chi connectivity index (χ1v) is 17.3. The van der Waals surface area contributed by atoms with Crippen LogP contribution in [0.25, 0.3) is 10.8 Å². The van der Waals surface area contributed by atoms with Crippen molar-refractivity contribution in [1.29, 1.82) is 0 Å². The maximum absolute atomic E-state index is 14.6. The lowest BCUT2D eigenvalue weighted by Crippen LogP contribution is -2.49. The summed E-state index contributed by atoms with van der Waals surface area (Å²) in [4.78, 5) is 32.5. The second-order valence-corrected chi connectivity index (χ2v) is 14.3. The largest absolute Gasteiger partial charge is 0.378 e. The number of benzene rings is 1. The summed E-state index contributed by atoms with van der Waals surface area (Å²) in [5.41, 5.74) is 1.99. The van der Waals surface area contributed by atoms with Crippen molar-refractivity contribution in [2.24, 2.45) is 5.92 Å². The highest BCUT2D eigenvalue weighted by molar-refractivity contribution is 7.90. The standard InChI is InChI=1S/C32H38FN7O4S/c1-4-6-31(41)40-13-5-7-27(40)22-8-9-26(39-17-21(18-39)20-45(3,42)43)24-16-35-30(15-23(22)24)36-29-10-12-34-32(37-29)38-14-11-28(44-2)25(33)19-38/h8-10,12,15-16,21,25,27-28H,5,7,11,13-14,17-20H2,1-3H3,(H,34,35,36,37)/t25-,27+,28+/m0/s1. The number of ether oxygens (including phenoxy) is 1. The molecule has 3 aromatic rings. The molecule has 1 aromatic carbocycles. The molecule has 0 radical (unpaired) electrons. The SMILES string of the molecule is CC#CC(=O)N1CCC[C@@H]1c1ccc(N2CC(CS(C)(=O)=O)C2)c2cnc(Nc3ccnc(N4CC[C@@H](OC)[C@@H](F)C4)n3)cc12. The molecule has 1 amide bonds. The number of fused-ring (bicyclic) bond motifs is 1. The molecule has 13 heteroatoms. The average molecular weight is 636 g/mol. The van der Waals surface area contributed by atoms with Crippen molar-refractivity contribution in [3.8, 4) is 11.8 Å². The first-order chi connectivity index (χ1) is 21.6. The van der Waals surface area contributed by atoms with Gasteiger partial charge in [-0.1, -0.05) is 12.0 Å². The van der Waals surface area contributed by atoms with Gasteiger partial charge in [-0.05, 0) is 61.3 Å². The maximum Gasteiger partial charge on any atom is 0.298 e. The molecule has 3 aliphatic heterocycles. The van der Waals surface area contributed by atoms with Gasteiger partial charge in [0.2, 0.25) is 5.95 Å². The lowest BCUT2D eigenvalue weighted by Gasteiger charge is -2.41. The van der Waals surface area contributed by atoms with Gasteiger partial charge in [-0.25, -0.2) is 22.8 Å². The van der Waals surface area contributed by atoms with Crippen molar-refractivity contribution in [3.63, 3.8) is 0 Å². The van der Waals surface area contributed by atoms with Gasteiger partial charge < -0.3 is 24.8 Å². The van der Waals surface area contributed by atoms with Gasteiger partial charge in [0.15, 0.2) is 0 Å². The van der Waals surface area contributed by atoms with Gasteiger partial charge in [-0.15, -0.1) is 0 Å². The Kier molecular flexibility index (Phi) is 8.79. The van der Waals surface area contributed by atoms with E-state index >= 15 is 0 Å². The lowest BCUT2D eigenvalue weighted by molar-refractivity contribution is -0.125. The number of pyridine rings is 1. The van der Waals surface area contributed by atoms with Crippen LogP contribution in [0.4, 0.5) is 27.7 Å². The van der Waals surface area contributed by atoms with Crippen LogP contribution in [0.2, 0.25) is 0 Å². The van der Waals surface area contributed by atoms with Gasteiger partial charge in [0.1, 0.15) is 27.6 Å². The number of hydrogen-bond donors (Lipinski definition) is 1. The van der Waals surface area contributed by atoms with E-state index in [9.17, 15) is 17.6 Å². The number of piperidine rings is 1. The Morgan fingerprint density at radius 2 is 1.91 bits per heavy atom. The first-order valence-electron chi connectivity index (χ1n) is 15.2. The number of alkyl halides is 1. The molecule has 0 unspecified atom stereocenters. The third-order valence-corrected chi connectivity index (χ3v) is 9.90. The van der Waals surface area contributed by atoms with E-state index in [4.69, 9.17) is 9.72 Å². The number of likely N-dealkylation sites (tertiary alicyclic amines) is 1. The van der Waals surface area contributed by atoms with Gasteiger partial charge in [-0.2, -0.15) is 4.98 Å². The van der Waals surface area contributed by atoms with E-state index in [1.165, 1.54) is 13.4 Å². The zero-order chi connectivity index (χ0) is 31.7. The Balaban J connectivity index is 1.31. The summed E-state index contributed by atoms with van der Waals surface area (Å²) in [6.45, 7) is 4.34. The number of nitrogens with one attached hydrogen (secondary N) is 1. The topological polar surface area (TPSA) is 121 Å². The molecule has 6 rings (SSSR count). The highest BCUT2D eigenvalue weighted by Crippen LogP contribution is 2.41. The van der Waals surface area contributed by atoms with E-state index in [-0.39, 0.29) is 30.2 Å². The summed E-state index contributed by atoms with van der Waals surface area (Å²) >= 11 is 0. The smallest absolute Gasteiger partial charge is 0.298 e. The molecule has 0 aliphatic carbocycles. The fourth-order valence-corrected chi connectivity index (χ4v) is 7.79. The number of rotatable bonds is 8. The zero-order valence-electron chi connectivity index (χ0n) is 25.7. The predicted molar refractivity (Wildman–Crippen MR) is 172 cm³/mol. The van der Waals surface area contributed by atoms with E-state index in [0.717, 1.165) is 34.9 Å². The summed E-state index contributed by atoms with van der Waals surface area (Å²) in [6.07, 6.45) is 5.43. The van der Waals surface area contributed by atoms with Crippen LogP contribution >= 0.6 is 0 Å². The van der Waals surface area contributed by atoms with Gasteiger partial charge in [0.25, 0.3) is 5.91 Å². The van der Waals surface area contributed by atoms with Crippen LogP contribution in [0.3, 0.4) is 0 Å². The highest BCUT2D eigenvalue weighted by atomic mass is 32.2. The van der Waals surface area contributed by atoms with Crippen molar-refractivity contribution >= 4 is 49.8 Å². The summed E-state index contributed by atoms with van der Waals surface area (Å²) in [5.74, 6) is 7.01. The van der Waals surface area contributed by atoms with Crippen LogP contribution < -0.4 is 15.1 Å². The van der Waals surface area contributed by atoms with Crippen molar-refractivity contribution < 1.29 is 22.3 Å². The molecule has 0 bridgehead atoms. The number of nitrogens with zero attached hydrogens (tertiary/aromatic N) is 6. The minimum absolute atomic E-state index is 0.0825. The van der Waals surface area contributed by atoms with Crippen molar-refractivity contribution in [3.05, 3.63) is 42.2 Å². The normalized spacial score (nSPS) is 22.2. The Bertz CT molecular complexity index is 1760. The Morgan fingerprint density at radius 1 is 1.09 bits per heavy atom. The molecule has 3 fully saturated rings. The molecule has 1 N–H and O–H groups in total. The number of hydrogen-bond acceptors (Lipinski definition) is 10. The molecule has 0 saturated carbocycles. The van der Waals surface area contributed by atoms with E-state index in [0.29, 0.717) is 50.2 Å². The number of anilines is 4. The second kappa shape index (κ2) is 12.8. The third kappa shape index (κ3) is 6.67. The summed E-state index contributed by atoms with van der Waals surface area (Å²) in [7, 11) is -1.53. The number of methoxy groups -OCH3 is 1. The quantitative estimate of drug-likeness (QED) is 0.368. The number of carbonyl (C=O) groups is 1. The summed E-state index contributed by atoms with van der Waals surface area (Å²) in [6, 6.07) is 7.70. The number of amides is 1. The Labute approximate surface area is 263 Å². The fourth-order valence-electron chi connectivity index (χ4n) is 6.73. The van der Waals surface area contributed by atoms with E-state index in [2.05, 4.69) is 44.2 Å². The number of halogens is 1. The number of carbonyl (C=O) groups excluding carboxylic acids is 1. The molecule has 238 valence electrons. The fraction of sp³-hybridized carbons (Fsp3) is 0.500. The summed E-state index contributed by atoms with van der Waals surface area (Å²) < 4.78 is 43.5. The molecule has 5 heterocycles. The average Bonchev–Trinajstić information content (AvgIpc) is 3.48. The lowest BCUT2D eigenvalue weighted by atomic mass is 9.94. The molecule has 45 heavy (non-hydrogen) atoms. The zero-order valence-corrected chi connectivity index (χ0v) is 26.6. The highest BCUT2D eigenvalue weighted by Gasteiger charge is 2.34. The minimum Gasteiger partial charge on any atom is -0.378 e. The summed E-state index contributed by atoms with van der Waals surface area (Å²) in [5, 5.41) is 5.17. The number of sulfone groups is 1. The van der Waals surface area contributed by atoms with Crippen LogP contribution in [0.5, 0.6) is 0 Å². The van der Waals surface area contributed by atoms with Crippen LogP contribution in [-0.4, -0.2) is 98.3 Å². The Hall–Kier alpha value is -4.02. The van der Waals surface area contributed by atoms with Gasteiger partial charge >= 0.3 is 0 Å². The van der Waals surface area contributed by atoms with E-state index < -0.39 is 22.1 Å². The van der Waals surface area contributed by atoms with Crippen molar-refractivity contribution in [2.75, 3.05) is 67.0 Å². The Morgan fingerprint density at radius 3 is 2.64 bits per heavy atom. The minimum atomic E-state index is -3.05. The van der Waals surface area contributed by atoms with E-state index in [1.54, 1.807) is 19.2 Å². The monoisotopic (exact) mass is 635 g/mol. The first kappa shape index (κ1) is 31.0. The van der Waals surface area contributed by atoms with Crippen LogP contribution in [0.1, 0.15) is 37.8 Å². The molecule has 3 atom stereocenters. The molecule has 2 aromatic heterocycles. The van der Waals surface area contributed by atoms with Crippen LogP contribution in [-0.2, 0) is 19.4 Å². The molecular weight excluding hydrogens is 597 g/mol. The number of aromatic nitrogens is 3. The molecule has 3 saturated heterocycles. The van der Waals surface area contributed by atoms with Crippen molar-refractivity contribution in [1.82, 2.24) is 19.9 Å². The van der Waals surface area contributed by atoms with Gasteiger partial charge in [0.05, 0.1) is 24.4 Å². The third-order valence-electron chi connectivity index (χ3n) is 8.82. The maximum atomic E-state index is 14.6. The molecule has 0 spiro atoms. The second-order valence-electron chi connectivity index (χ2n) is 12.1. The van der Waals surface area contributed by atoms with Gasteiger partial charge in [0, 0.05) is 68.9 Å². The molecule has 11 nitrogen and oxygen atoms in total. The molecule has 3 aliphatic rings. The van der Waals surface area contributed by atoms with Crippen LogP contribution in [0, 0.1) is 17.8 Å². The van der Waals surface area contributed by atoms with Crippen molar-refractivity contribution in [2.45, 2.75) is 44.5 Å². The van der Waals surface area contributed by atoms with E-state index in [1.807, 2.05) is 22.1 Å². The van der Waals surface area contributed by atoms with Gasteiger partial charge in [-0.3, -0.25) is 4.79 Å². The predicted octanol–water partition coefficient (Wildman–Crippen LogP) is 3.50. The van der Waals surface area contributed by atoms with Crippen LogP contribution in [0.15, 0.2) is 36.7 Å².